The summed E-state index contributed by atoms with van der Waals surface area (Å²) in [7, 11) is 3.34. The predicted molar refractivity (Wildman–Crippen MR) is 75.4 cm³/mol. The molecule has 0 aliphatic heterocycles. The van der Waals surface area contributed by atoms with Crippen LogP contribution in [-0.2, 0) is 17.2 Å². The minimum absolute atomic E-state index is 0.346. The Kier molecular flexibility index (Phi) is 2.79. The van der Waals surface area contributed by atoms with Crippen LogP contribution in [0, 0.1) is 11.3 Å². The smallest absolute Gasteiger partial charge is 0.337 e. The van der Waals surface area contributed by atoms with Gasteiger partial charge in [0.25, 0.3) is 0 Å². The lowest BCUT2D eigenvalue weighted by molar-refractivity contribution is 0.0601. The third kappa shape index (κ3) is 1.63. The Bertz CT molecular complexity index is 733. The Labute approximate surface area is 117 Å². The SMILES string of the molecule is COC(=O)c1ccc2c(c1)c(C1(C#N)CCC1)cn2C. The second kappa shape index (κ2) is 4.38. The molecule has 0 amide bonds. The molecule has 1 aliphatic carbocycles. The number of methoxy groups -OCH3 is 1. The van der Waals surface area contributed by atoms with E-state index in [1.807, 2.05) is 29.9 Å². The van der Waals surface area contributed by atoms with Crippen molar-refractivity contribution in [3.05, 3.63) is 35.5 Å². The van der Waals surface area contributed by atoms with Gasteiger partial charge < -0.3 is 9.30 Å². The fraction of sp³-hybridized carbons (Fsp3) is 0.375. The maximum absolute atomic E-state index is 11.7. The number of aryl methyl sites for hydroxylation is 1. The van der Waals surface area contributed by atoms with Crippen molar-refractivity contribution in [2.45, 2.75) is 24.7 Å². The highest BCUT2D eigenvalue weighted by Crippen LogP contribution is 2.46. The van der Waals surface area contributed by atoms with Crippen molar-refractivity contribution in [1.29, 1.82) is 5.26 Å². The van der Waals surface area contributed by atoms with Gasteiger partial charge in [-0.05, 0) is 43.0 Å². The van der Waals surface area contributed by atoms with E-state index in [4.69, 9.17) is 4.74 Å². The zero-order valence-corrected chi connectivity index (χ0v) is 11.6. The van der Waals surface area contributed by atoms with Gasteiger partial charge >= 0.3 is 5.97 Å². The molecule has 102 valence electrons. The van der Waals surface area contributed by atoms with Crippen molar-refractivity contribution in [2.24, 2.45) is 7.05 Å². The van der Waals surface area contributed by atoms with Crippen LogP contribution in [0.4, 0.5) is 0 Å². The van der Waals surface area contributed by atoms with Gasteiger partial charge in [0.05, 0.1) is 24.2 Å². The van der Waals surface area contributed by atoms with Crippen LogP contribution in [0.5, 0.6) is 0 Å². The number of hydrogen-bond acceptors (Lipinski definition) is 3. The number of ether oxygens (including phenoxy) is 1. The summed E-state index contributed by atoms with van der Waals surface area (Å²) in [5, 5.41) is 10.5. The molecule has 0 N–H and O–H groups in total. The van der Waals surface area contributed by atoms with Crippen molar-refractivity contribution < 1.29 is 9.53 Å². The summed E-state index contributed by atoms with van der Waals surface area (Å²) < 4.78 is 6.79. The van der Waals surface area contributed by atoms with Crippen LogP contribution in [-0.4, -0.2) is 17.6 Å². The number of hydrogen-bond donors (Lipinski definition) is 0. The van der Waals surface area contributed by atoms with Gasteiger partial charge in [-0.15, -0.1) is 0 Å². The average Bonchev–Trinajstić information content (AvgIpc) is 2.75. The lowest BCUT2D eigenvalue weighted by Crippen LogP contribution is -2.32. The quantitative estimate of drug-likeness (QED) is 0.787. The summed E-state index contributed by atoms with van der Waals surface area (Å²) in [6, 6.07) is 7.98. The topological polar surface area (TPSA) is 55.0 Å². The third-order valence-corrected chi connectivity index (χ3v) is 4.35. The van der Waals surface area contributed by atoms with Crippen LogP contribution in [0.1, 0.15) is 35.2 Å². The van der Waals surface area contributed by atoms with E-state index in [1.54, 1.807) is 6.07 Å². The highest BCUT2D eigenvalue weighted by molar-refractivity contribution is 5.96. The maximum Gasteiger partial charge on any atom is 0.337 e. The molecule has 3 rings (SSSR count). The van der Waals surface area contributed by atoms with Crippen LogP contribution < -0.4 is 0 Å². The van der Waals surface area contributed by atoms with Gasteiger partial charge in [-0.1, -0.05) is 0 Å². The predicted octanol–water partition coefficient (Wildman–Crippen LogP) is 2.91. The van der Waals surface area contributed by atoms with Gasteiger partial charge in [0, 0.05) is 24.1 Å². The summed E-state index contributed by atoms with van der Waals surface area (Å²) >= 11 is 0. The average molecular weight is 268 g/mol. The highest BCUT2D eigenvalue weighted by atomic mass is 16.5. The molecule has 1 aromatic carbocycles. The Morgan fingerprint density at radius 3 is 2.75 bits per heavy atom. The zero-order chi connectivity index (χ0) is 14.3. The van der Waals surface area contributed by atoms with Crippen molar-refractivity contribution in [3.63, 3.8) is 0 Å². The first-order chi connectivity index (χ1) is 9.61. The van der Waals surface area contributed by atoms with Crippen molar-refractivity contribution in [1.82, 2.24) is 4.57 Å². The van der Waals surface area contributed by atoms with Gasteiger partial charge in [0.2, 0.25) is 0 Å². The summed E-state index contributed by atoms with van der Waals surface area (Å²) in [5.41, 5.74) is 2.22. The summed E-state index contributed by atoms with van der Waals surface area (Å²) in [5.74, 6) is -0.346. The minimum Gasteiger partial charge on any atom is -0.465 e. The largest absolute Gasteiger partial charge is 0.465 e. The number of carbonyl (C=O) groups excluding carboxylic acids is 1. The molecular weight excluding hydrogens is 252 g/mol. The number of esters is 1. The molecule has 4 nitrogen and oxygen atoms in total. The van der Waals surface area contributed by atoms with Gasteiger partial charge in [-0.25, -0.2) is 4.79 Å². The first kappa shape index (κ1) is 12.7. The molecule has 2 aromatic rings. The Morgan fingerprint density at radius 2 is 2.20 bits per heavy atom. The molecule has 0 spiro atoms. The number of benzene rings is 1. The molecule has 20 heavy (non-hydrogen) atoms. The third-order valence-electron chi connectivity index (χ3n) is 4.35. The molecule has 1 fully saturated rings. The second-order valence-corrected chi connectivity index (χ2v) is 5.42. The first-order valence-electron chi connectivity index (χ1n) is 6.70. The van der Waals surface area contributed by atoms with Crippen molar-refractivity contribution in [3.8, 4) is 6.07 Å². The lowest BCUT2D eigenvalue weighted by atomic mass is 9.65. The molecule has 0 radical (unpaired) electrons. The van der Waals surface area contributed by atoms with Gasteiger partial charge in [-0.3, -0.25) is 0 Å². The van der Waals surface area contributed by atoms with Crippen LogP contribution >= 0.6 is 0 Å². The fourth-order valence-electron chi connectivity index (χ4n) is 2.99. The summed E-state index contributed by atoms with van der Waals surface area (Å²) in [4.78, 5) is 11.7. The van der Waals surface area contributed by atoms with E-state index in [0.29, 0.717) is 5.56 Å². The van der Waals surface area contributed by atoms with Gasteiger partial charge in [0.1, 0.15) is 0 Å². The van der Waals surface area contributed by atoms with Crippen molar-refractivity contribution >= 4 is 16.9 Å². The highest BCUT2D eigenvalue weighted by Gasteiger charge is 2.41. The maximum atomic E-state index is 11.7. The molecule has 0 atom stereocenters. The first-order valence-corrected chi connectivity index (χ1v) is 6.70. The summed E-state index contributed by atoms with van der Waals surface area (Å²) in [6.07, 6.45) is 4.89. The van der Waals surface area contributed by atoms with E-state index < -0.39 is 0 Å². The van der Waals surface area contributed by atoms with Crippen molar-refractivity contribution in [2.75, 3.05) is 7.11 Å². The number of rotatable bonds is 2. The molecular formula is C16H16N2O2. The van der Waals surface area contributed by atoms with E-state index in [0.717, 1.165) is 35.7 Å². The van der Waals surface area contributed by atoms with E-state index in [2.05, 4.69) is 6.07 Å². The van der Waals surface area contributed by atoms with Gasteiger partial charge in [-0.2, -0.15) is 5.26 Å². The van der Waals surface area contributed by atoms with E-state index in [-0.39, 0.29) is 11.4 Å². The molecule has 1 aromatic heterocycles. The number of aromatic nitrogens is 1. The summed E-state index contributed by atoms with van der Waals surface area (Å²) in [6.45, 7) is 0. The Balaban J connectivity index is 2.23. The standard InChI is InChI=1S/C16H16N2O2/c1-18-9-13(16(10-17)6-3-7-16)12-8-11(15(19)20-2)4-5-14(12)18/h4-5,8-9H,3,6-7H2,1-2H3. The molecule has 1 aliphatic rings. The normalized spacial score (nSPS) is 16.4. The monoisotopic (exact) mass is 268 g/mol. The molecule has 1 saturated carbocycles. The molecule has 4 heteroatoms. The molecule has 0 bridgehead atoms. The van der Waals surface area contributed by atoms with Crippen LogP contribution in [0.15, 0.2) is 24.4 Å². The number of fused-ring (bicyclic) bond motifs is 1. The van der Waals surface area contributed by atoms with E-state index in [9.17, 15) is 10.1 Å². The van der Waals surface area contributed by atoms with E-state index >= 15 is 0 Å². The fourth-order valence-corrected chi connectivity index (χ4v) is 2.99. The number of carbonyl (C=O) groups is 1. The zero-order valence-electron chi connectivity index (χ0n) is 11.6. The van der Waals surface area contributed by atoms with Gasteiger partial charge in [0.15, 0.2) is 0 Å². The van der Waals surface area contributed by atoms with E-state index in [1.165, 1.54) is 7.11 Å². The molecule has 0 unspecified atom stereocenters. The van der Waals surface area contributed by atoms with Crippen LogP contribution in [0.3, 0.4) is 0 Å². The minimum atomic E-state index is -0.381. The second-order valence-electron chi connectivity index (χ2n) is 5.42. The Morgan fingerprint density at radius 1 is 1.45 bits per heavy atom. The lowest BCUT2D eigenvalue weighted by Gasteiger charge is -2.35. The number of nitrogens with zero attached hydrogens (tertiary/aromatic N) is 2. The number of nitriles is 1. The van der Waals surface area contributed by atoms with Crippen LogP contribution in [0.2, 0.25) is 0 Å². The Hall–Kier alpha value is -2.28. The van der Waals surface area contributed by atoms with Crippen LogP contribution in [0.25, 0.3) is 10.9 Å². The molecule has 0 saturated heterocycles. The molecule has 1 heterocycles.